The molecule has 1 atom stereocenters. The molecule has 1 fully saturated rings. The number of carbonyl (C=O) groups is 1. The van der Waals surface area contributed by atoms with Crippen LogP contribution in [0, 0.1) is 6.92 Å². The molecule has 7 heteroatoms. The van der Waals surface area contributed by atoms with E-state index in [1.807, 2.05) is 17.8 Å². The molecule has 1 aliphatic heterocycles. The van der Waals surface area contributed by atoms with Gasteiger partial charge < -0.3 is 10.1 Å². The van der Waals surface area contributed by atoms with Crippen molar-refractivity contribution < 1.29 is 9.53 Å². The number of fused-ring (bicyclic) bond motifs is 1. The third-order valence-corrected chi connectivity index (χ3v) is 7.39. The van der Waals surface area contributed by atoms with Gasteiger partial charge in [0.25, 0.3) is 5.91 Å². The molecule has 0 unspecified atom stereocenters. The van der Waals surface area contributed by atoms with Crippen LogP contribution in [0.15, 0.2) is 30.5 Å². The first-order chi connectivity index (χ1) is 15.1. The van der Waals surface area contributed by atoms with E-state index in [1.165, 1.54) is 34.1 Å². The maximum Gasteiger partial charge on any atom is 0.261 e. The number of amides is 1. The van der Waals surface area contributed by atoms with E-state index in [0.29, 0.717) is 19.2 Å². The van der Waals surface area contributed by atoms with Gasteiger partial charge in [0, 0.05) is 49.7 Å². The van der Waals surface area contributed by atoms with Crippen LogP contribution in [-0.4, -0.2) is 53.4 Å². The highest BCUT2D eigenvalue weighted by Gasteiger charge is 2.27. The molecule has 31 heavy (non-hydrogen) atoms. The molecule has 6 nitrogen and oxygen atoms in total. The first kappa shape index (κ1) is 22.0. The van der Waals surface area contributed by atoms with Crippen molar-refractivity contribution in [3.8, 4) is 0 Å². The first-order valence-corrected chi connectivity index (χ1v) is 11.9. The number of aromatic nitrogens is 2. The Hall–Kier alpha value is -2.22. The smallest absolute Gasteiger partial charge is 0.261 e. The van der Waals surface area contributed by atoms with Gasteiger partial charge in [-0.1, -0.05) is 24.6 Å². The number of carbonyl (C=O) groups excluding carboxylic acids is 1. The fraction of sp³-hybridized carbons (Fsp3) is 0.500. The van der Waals surface area contributed by atoms with E-state index in [1.54, 1.807) is 18.4 Å². The van der Waals surface area contributed by atoms with Crippen molar-refractivity contribution in [2.45, 2.75) is 45.2 Å². The van der Waals surface area contributed by atoms with E-state index in [-0.39, 0.29) is 5.91 Å². The Morgan fingerprint density at radius 3 is 2.94 bits per heavy atom. The Labute approximate surface area is 188 Å². The Bertz CT molecular complexity index is 1040. The third kappa shape index (κ3) is 5.00. The fourth-order valence-corrected chi connectivity index (χ4v) is 5.74. The lowest BCUT2D eigenvalue weighted by molar-refractivity contribution is 0.0939. The number of hydrogen-bond donors (Lipinski definition) is 1. The van der Waals surface area contributed by atoms with Crippen LogP contribution in [0.1, 0.15) is 45.8 Å². The van der Waals surface area contributed by atoms with Gasteiger partial charge in [0.05, 0.1) is 17.2 Å². The number of nitrogens with zero attached hydrogens (tertiary/aromatic N) is 3. The van der Waals surface area contributed by atoms with Gasteiger partial charge >= 0.3 is 0 Å². The van der Waals surface area contributed by atoms with Crippen molar-refractivity contribution in [3.05, 3.63) is 52.2 Å². The van der Waals surface area contributed by atoms with Crippen molar-refractivity contribution in [3.63, 3.8) is 0 Å². The topological polar surface area (TPSA) is 59.4 Å². The lowest BCUT2D eigenvalue weighted by Gasteiger charge is -2.36. The number of methoxy groups -OCH3 is 1. The molecular formula is C24H32N4O2S. The number of thiophene rings is 1. The maximum absolute atomic E-state index is 13.0. The molecule has 2 aromatic heterocycles. The molecule has 0 saturated carbocycles. The normalized spacial score (nSPS) is 17.3. The average Bonchev–Trinajstić information content (AvgIpc) is 3.28. The molecule has 1 aromatic carbocycles. The average molecular weight is 441 g/mol. The second kappa shape index (κ2) is 9.94. The zero-order valence-electron chi connectivity index (χ0n) is 18.7. The minimum Gasteiger partial charge on any atom is -0.383 e. The molecule has 0 radical (unpaired) electrons. The van der Waals surface area contributed by atoms with Gasteiger partial charge in [-0.25, -0.2) is 0 Å². The second-order valence-corrected chi connectivity index (χ2v) is 9.44. The second-order valence-electron chi connectivity index (χ2n) is 8.39. The van der Waals surface area contributed by atoms with Gasteiger partial charge in [0.15, 0.2) is 0 Å². The molecule has 0 aliphatic carbocycles. The summed E-state index contributed by atoms with van der Waals surface area (Å²) in [5.74, 6) is 0.0127. The van der Waals surface area contributed by atoms with E-state index in [0.717, 1.165) is 36.5 Å². The Balaban J connectivity index is 1.60. The zero-order chi connectivity index (χ0) is 21.8. The minimum absolute atomic E-state index is 0.0127. The lowest BCUT2D eigenvalue weighted by atomic mass is 9.93. The predicted molar refractivity (Wildman–Crippen MR) is 126 cm³/mol. The highest BCUT2D eigenvalue weighted by atomic mass is 32.1. The van der Waals surface area contributed by atoms with E-state index in [4.69, 9.17) is 4.74 Å². The van der Waals surface area contributed by atoms with E-state index >= 15 is 0 Å². The molecule has 1 aliphatic rings. The number of rotatable bonds is 8. The molecular weight excluding hydrogens is 408 g/mol. The van der Waals surface area contributed by atoms with Crippen LogP contribution in [0.25, 0.3) is 10.1 Å². The van der Waals surface area contributed by atoms with E-state index < -0.39 is 0 Å². The van der Waals surface area contributed by atoms with Gasteiger partial charge in [-0.05, 0) is 49.7 Å². The van der Waals surface area contributed by atoms with Crippen LogP contribution in [0.5, 0.6) is 0 Å². The number of benzene rings is 1. The Kier molecular flexibility index (Phi) is 7.05. The van der Waals surface area contributed by atoms with Crippen molar-refractivity contribution in [1.29, 1.82) is 0 Å². The molecule has 1 N–H and O–H groups in total. The van der Waals surface area contributed by atoms with Crippen LogP contribution in [0.4, 0.5) is 0 Å². The van der Waals surface area contributed by atoms with Crippen LogP contribution in [0.2, 0.25) is 0 Å². The van der Waals surface area contributed by atoms with Gasteiger partial charge in [-0.2, -0.15) is 5.10 Å². The molecule has 0 spiro atoms. The number of ether oxygens (including phenoxy) is 1. The van der Waals surface area contributed by atoms with Crippen LogP contribution >= 0.6 is 11.3 Å². The summed E-state index contributed by atoms with van der Waals surface area (Å²) in [6, 6.07) is 8.83. The summed E-state index contributed by atoms with van der Waals surface area (Å²) in [4.78, 5) is 16.4. The molecule has 0 bridgehead atoms. The van der Waals surface area contributed by atoms with Crippen molar-refractivity contribution in [2.75, 3.05) is 26.8 Å². The van der Waals surface area contributed by atoms with Crippen LogP contribution in [0.3, 0.4) is 0 Å². The van der Waals surface area contributed by atoms with E-state index in [9.17, 15) is 4.79 Å². The lowest BCUT2D eigenvalue weighted by Crippen LogP contribution is -2.40. The maximum atomic E-state index is 13.0. The molecule has 4 rings (SSSR count). The van der Waals surface area contributed by atoms with Crippen LogP contribution < -0.4 is 5.32 Å². The van der Waals surface area contributed by atoms with Crippen molar-refractivity contribution >= 4 is 27.3 Å². The van der Waals surface area contributed by atoms with Gasteiger partial charge in [0.1, 0.15) is 0 Å². The molecule has 3 heterocycles. The summed E-state index contributed by atoms with van der Waals surface area (Å²) in [5.41, 5.74) is 3.59. The fourth-order valence-electron chi connectivity index (χ4n) is 4.59. The van der Waals surface area contributed by atoms with E-state index in [2.05, 4.69) is 46.6 Å². The molecule has 3 aromatic rings. The monoisotopic (exact) mass is 440 g/mol. The number of hydrogen-bond acceptors (Lipinski definition) is 5. The van der Waals surface area contributed by atoms with Gasteiger partial charge in [-0.15, -0.1) is 11.3 Å². The van der Waals surface area contributed by atoms with Crippen molar-refractivity contribution in [1.82, 2.24) is 20.0 Å². The Morgan fingerprint density at radius 1 is 1.32 bits per heavy atom. The first-order valence-electron chi connectivity index (χ1n) is 11.1. The standard InChI is InChI=1S/C24H32N4O2S/c1-17-18(15-27(2)26-17)16-28-12-7-6-8-19(28)14-21-20-9-4-5-10-22(20)31-23(21)24(29)25-11-13-30-3/h4-5,9-10,15,19H,6-8,11-14,16H2,1-3H3,(H,25,29)/t19-/m1/s1. The number of nitrogens with one attached hydrogen (secondary N) is 1. The molecule has 1 amide bonds. The minimum atomic E-state index is 0.0127. The molecule has 1 saturated heterocycles. The predicted octanol–water partition coefficient (Wildman–Crippen LogP) is 3.92. The SMILES string of the molecule is COCCNC(=O)c1sc2ccccc2c1C[C@H]1CCCCN1Cc1cn(C)nc1C. The summed E-state index contributed by atoms with van der Waals surface area (Å²) in [6.07, 6.45) is 6.66. The zero-order valence-corrected chi connectivity index (χ0v) is 19.5. The molecule has 166 valence electrons. The van der Waals surface area contributed by atoms with Gasteiger partial charge in [-0.3, -0.25) is 14.4 Å². The summed E-state index contributed by atoms with van der Waals surface area (Å²) in [7, 11) is 3.63. The van der Waals surface area contributed by atoms with Gasteiger partial charge in [0.2, 0.25) is 0 Å². The third-order valence-electron chi connectivity index (χ3n) is 6.17. The summed E-state index contributed by atoms with van der Waals surface area (Å²) < 4.78 is 8.18. The van der Waals surface area contributed by atoms with Crippen LogP contribution in [-0.2, 0) is 24.8 Å². The number of piperidine rings is 1. The summed E-state index contributed by atoms with van der Waals surface area (Å²) >= 11 is 1.60. The summed E-state index contributed by atoms with van der Waals surface area (Å²) in [5, 5.41) is 8.76. The Morgan fingerprint density at radius 2 is 2.16 bits per heavy atom. The highest BCUT2D eigenvalue weighted by Crippen LogP contribution is 2.34. The van der Waals surface area contributed by atoms with Crippen molar-refractivity contribution in [2.24, 2.45) is 7.05 Å². The highest BCUT2D eigenvalue weighted by molar-refractivity contribution is 7.21. The largest absolute Gasteiger partial charge is 0.383 e. The number of aryl methyl sites for hydroxylation is 2. The summed E-state index contributed by atoms with van der Waals surface area (Å²) in [6.45, 7) is 5.15. The number of likely N-dealkylation sites (tertiary alicyclic amines) is 1. The quantitative estimate of drug-likeness (QED) is 0.540.